The Kier molecular flexibility index (Phi) is 6.69. The van der Waals surface area contributed by atoms with Crippen molar-refractivity contribution >= 4 is 5.91 Å². The molecular weight excluding hydrogens is 347 g/mol. The van der Waals surface area contributed by atoms with Crippen molar-refractivity contribution in [3.8, 4) is 17.2 Å². The van der Waals surface area contributed by atoms with Crippen LogP contribution in [0, 0.1) is 11.3 Å². The van der Waals surface area contributed by atoms with Gasteiger partial charge in [0.25, 0.3) is 5.91 Å². The molecule has 1 aromatic carbocycles. The Hall–Kier alpha value is -2.92. The lowest BCUT2D eigenvalue weighted by Crippen LogP contribution is -2.43. The van der Waals surface area contributed by atoms with Crippen LogP contribution in [0.4, 0.5) is 13.2 Å². The van der Waals surface area contributed by atoms with Crippen LogP contribution in [0.3, 0.4) is 0 Å². The zero-order chi connectivity index (χ0) is 19.1. The largest absolute Gasteiger partial charge is 0.386 e. The summed E-state index contributed by atoms with van der Waals surface area (Å²) in [6.07, 6.45) is -2.94. The number of nitriles is 1. The Bertz CT molecular complexity index is 774. The molecule has 1 aromatic heterocycles. The summed E-state index contributed by atoms with van der Waals surface area (Å²) in [5.74, 6) is -1.63. The second kappa shape index (κ2) is 8.97. The maximum Gasteiger partial charge on any atom is 0.315 e. The monoisotopic (exact) mass is 363 g/mol. The van der Waals surface area contributed by atoms with Crippen molar-refractivity contribution < 1.29 is 23.1 Å². The lowest BCUT2D eigenvalue weighted by molar-refractivity contribution is -0.133. The van der Waals surface area contributed by atoms with Gasteiger partial charge < -0.3 is 10.4 Å². The zero-order valence-corrected chi connectivity index (χ0v) is 13.6. The van der Waals surface area contributed by atoms with E-state index in [0.717, 1.165) is 11.1 Å². The molecule has 0 radical (unpaired) electrons. The van der Waals surface area contributed by atoms with Crippen LogP contribution in [0.1, 0.15) is 17.4 Å². The van der Waals surface area contributed by atoms with Crippen LogP contribution in [0.2, 0.25) is 0 Å². The van der Waals surface area contributed by atoms with Crippen molar-refractivity contribution in [2.75, 3.05) is 6.67 Å². The number of benzene rings is 1. The average Bonchev–Trinajstić information content (AvgIpc) is 2.66. The lowest BCUT2D eigenvalue weighted by atomic mass is 9.99. The fraction of sp³-hybridized carbons (Fsp3) is 0.278. The molecule has 0 saturated heterocycles. The summed E-state index contributed by atoms with van der Waals surface area (Å²) >= 11 is 0. The molecule has 26 heavy (non-hydrogen) atoms. The standard InChI is InChI=1S/C18H16F3N3O2/c19-9-15(24-18(26)17(20)21)16(25)12-3-1-11(2-4-12)13-5-6-14(7-8-22)23-10-13/h1-6,10,15-17,25H,7,9H2,(H,24,26)/t15-,16+/m1/s1. The van der Waals surface area contributed by atoms with Gasteiger partial charge in [-0.15, -0.1) is 0 Å². The lowest BCUT2D eigenvalue weighted by Gasteiger charge is -2.22. The number of nitrogens with one attached hydrogen (secondary N) is 1. The van der Waals surface area contributed by atoms with Gasteiger partial charge in [0.05, 0.1) is 24.2 Å². The minimum Gasteiger partial charge on any atom is -0.386 e. The first-order valence-corrected chi connectivity index (χ1v) is 7.71. The van der Waals surface area contributed by atoms with Gasteiger partial charge in [-0.3, -0.25) is 9.78 Å². The van der Waals surface area contributed by atoms with Crippen LogP contribution in [0.25, 0.3) is 11.1 Å². The molecule has 0 aliphatic rings. The SMILES string of the molecule is N#CCc1ccc(-c2ccc([C@H](O)[C@@H](CF)NC(=O)C(F)F)cc2)cn1. The molecule has 2 aromatic rings. The number of carbonyl (C=O) groups is 1. The average molecular weight is 363 g/mol. The molecule has 0 aliphatic carbocycles. The molecule has 0 fully saturated rings. The molecule has 2 atom stereocenters. The smallest absolute Gasteiger partial charge is 0.315 e. The Morgan fingerprint density at radius 2 is 1.85 bits per heavy atom. The molecular formula is C18H16F3N3O2. The van der Waals surface area contributed by atoms with Crippen LogP contribution >= 0.6 is 0 Å². The van der Waals surface area contributed by atoms with E-state index < -0.39 is 31.2 Å². The number of halogens is 3. The number of nitrogens with zero attached hydrogens (tertiary/aromatic N) is 2. The van der Waals surface area contributed by atoms with Crippen LogP contribution in [-0.4, -0.2) is 35.1 Å². The van der Waals surface area contributed by atoms with Gasteiger partial charge in [0.15, 0.2) is 0 Å². The number of carbonyl (C=O) groups excluding carboxylic acids is 1. The second-order valence-corrected chi connectivity index (χ2v) is 5.51. The van der Waals surface area contributed by atoms with E-state index in [0.29, 0.717) is 5.69 Å². The van der Waals surface area contributed by atoms with E-state index in [1.807, 2.05) is 6.07 Å². The quantitative estimate of drug-likeness (QED) is 0.792. The van der Waals surface area contributed by atoms with E-state index in [-0.39, 0.29) is 12.0 Å². The van der Waals surface area contributed by atoms with E-state index in [4.69, 9.17) is 5.26 Å². The molecule has 0 unspecified atom stereocenters. The molecule has 0 spiro atoms. The first-order chi connectivity index (χ1) is 12.5. The number of alkyl halides is 3. The summed E-state index contributed by atoms with van der Waals surface area (Å²) in [4.78, 5) is 15.1. The first-order valence-electron chi connectivity index (χ1n) is 7.71. The van der Waals surface area contributed by atoms with Gasteiger partial charge in [-0.1, -0.05) is 30.3 Å². The summed E-state index contributed by atoms with van der Waals surface area (Å²) in [7, 11) is 0. The normalized spacial score (nSPS) is 13.1. The predicted octanol–water partition coefficient (Wildman–Crippen LogP) is 2.57. The van der Waals surface area contributed by atoms with Crippen LogP contribution in [0.15, 0.2) is 42.6 Å². The van der Waals surface area contributed by atoms with E-state index in [2.05, 4.69) is 4.98 Å². The molecule has 2 rings (SSSR count). The number of aliphatic hydroxyl groups is 1. The molecule has 1 amide bonds. The maximum atomic E-state index is 13.0. The minimum absolute atomic E-state index is 0.209. The van der Waals surface area contributed by atoms with Crippen LogP contribution < -0.4 is 5.32 Å². The van der Waals surface area contributed by atoms with Gasteiger partial charge in [0.1, 0.15) is 12.8 Å². The number of pyridine rings is 1. The third-order valence-electron chi connectivity index (χ3n) is 3.74. The highest BCUT2D eigenvalue weighted by Gasteiger charge is 2.26. The molecule has 0 saturated carbocycles. The molecule has 1 heterocycles. The Balaban J connectivity index is 2.12. The number of aromatic nitrogens is 1. The Labute approximate surface area is 148 Å². The van der Waals surface area contributed by atoms with Crippen molar-refractivity contribution in [1.29, 1.82) is 5.26 Å². The summed E-state index contributed by atoms with van der Waals surface area (Å²) in [6, 6.07) is 10.4. The third kappa shape index (κ3) is 4.80. The van der Waals surface area contributed by atoms with Gasteiger partial charge in [0.2, 0.25) is 0 Å². The first kappa shape index (κ1) is 19.4. The molecule has 2 N–H and O–H groups in total. The van der Waals surface area contributed by atoms with Crippen molar-refractivity contribution in [2.24, 2.45) is 0 Å². The summed E-state index contributed by atoms with van der Waals surface area (Å²) in [5.41, 5.74) is 2.47. The Morgan fingerprint density at radius 1 is 1.19 bits per heavy atom. The fourth-order valence-corrected chi connectivity index (χ4v) is 2.33. The number of amides is 1. The highest BCUT2D eigenvalue weighted by molar-refractivity contribution is 5.79. The van der Waals surface area contributed by atoms with Gasteiger partial charge >= 0.3 is 6.43 Å². The van der Waals surface area contributed by atoms with E-state index in [9.17, 15) is 23.1 Å². The predicted molar refractivity (Wildman–Crippen MR) is 87.9 cm³/mol. The molecule has 0 bridgehead atoms. The van der Waals surface area contributed by atoms with Crippen LogP contribution in [0.5, 0.6) is 0 Å². The van der Waals surface area contributed by atoms with Crippen molar-refractivity contribution in [3.63, 3.8) is 0 Å². The number of hydrogen-bond donors (Lipinski definition) is 2. The second-order valence-electron chi connectivity index (χ2n) is 5.51. The maximum absolute atomic E-state index is 13.0. The summed E-state index contributed by atoms with van der Waals surface area (Å²) in [5, 5.41) is 20.5. The molecule has 5 nitrogen and oxygen atoms in total. The van der Waals surface area contributed by atoms with E-state index in [1.54, 1.807) is 35.8 Å². The van der Waals surface area contributed by atoms with Crippen molar-refractivity contribution in [1.82, 2.24) is 10.3 Å². The van der Waals surface area contributed by atoms with Crippen molar-refractivity contribution in [3.05, 3.63) is 53.9 Å². The van der Waals surface area contributed by atoms with Gasteiger partial charge in [-0.05, 0) is 17.2 Å². The highest BCUT2D eigenvalue weighted by Crippen LogP contribution is 2.23. The third-order valence-corrected chi connectivity index (χ3v) is 3.74. The highest BCUT2D eigenvalue weighted by atomic mass is 19.3. The fourth-order valence-electron chi connectivity index (χ4n) is 2.33. The zero-order valence-electron chi connectivity index (χ0n) is 13.6. The number of aliphatic hydroxyl groups excluding tert-OH is 1. The van der Waals surface area contributed by atoms with Crippen LogP contribution in [-0.2, 0) is 11.2 Å². The summed E-state index contributed by atoms with van der Waals surface area (Å²) in [6.45, 7) is -1.19. The van der Waals surface area contributed by atoms with Gasteiger partial charge in [-0.25, -0.2) is 4.39 Å². The minimum atomic E-state index is -3.28. The van der Waals surface area contributed by atoms with Crippen molar-refractivity contribution in [2.45, 2.75) is 25.0 Å². The Morgan fingerprint density at radius 3 is 2.35 bits per heavy atom. The topological polar surface area (TPSA) is 86.0 Å². The number of rotatable bonds is 7. The van der Waals surface area contributed by atoms with E-state index in [1.165, 1.54) is 12.1 Å². The number of hydrogen-bond acceptors (Lipinski definition) is 4. The van der Waals surface area contributed by atoms with Gasteiger partial charge in [0, 0.05) is 11.8 Å². The van der Waals surface area contributed by atoms with Gasteiger partial charge in [-0.2, -0.15) is 14.0 Å². The molecule has 0 aliphatic heterocycles. The molecule has 8 heteroatoms. The van der Waals surface area contributed by atoms with E-state index >= 15 is 0 Å². The molecule has 136 valence electrons. The summed E-state index contributed by atoms with van der Waals surface area (Å²) < 4.78 is 37.5.